The highest BCUT2D eigenvalue weighted by Crippen LogP contribution is 2.64. The first-order chi connectivity index (χ1) is 15.0. The molecule has 1 spiro atoms. The number of rotatable bonds is 1. The van der Waals surface area contributed by atoms with Crippen LogP contribution in [0, 0.1) is 10.8 Å². The average molecular weight is 443 g/mol. The Morgan fingerprint density at radius 1 is 1.00 bits per heavy atom. The Balaban J connectivity index is 1.78. The van der Waals surface area contributed by atoms with Crippen LogP contribution in [0.1, 0.15) is 65.2 Å². The van der Waals surface area contributed by atoms with Gasteiger partial charge in [0, 0.05) is 34.8 Å². The van der Waals surface area contributed by atoms with E-state index in [1.54, 1.807) is 0 Å². The summed E-state index contributed by atoms with van der Waals surface area (Å²) in [4.78, 5) is 0. The highest BCUT2D eigenvalue weighted by atomic mass is 16.7. The van der Waals surface area contributed by atoms with Gasteiger partial charge in [0.2, 0.25) is 0 Å². The zero-order valence-corrected chi connectivity index (χ0v) is 19.2. The molecule has 0 amide bonds. The summed E-state index contributed by atoms with van der Waals surface area (Å²) >= 11 is 0. The fourth-order valence-corrected chi connectivity index (χ4v) is 6.70. The number of benzene rings is 1. The van der Waals surface area contributed by atoms with Crippen molar-refractivity contribution >= 4 is 0 Å². The Morgan fingerprint density at radius 3 is 2.38 bits per heavy atom. The van der Waals surface area contributed by atoms with Crippen molar-refractivity contribution in [3.63, 3.8) is 0 Å². The topological polar surface area (TPSA) is 99.4 Å². The third-order valence-corrected chi connectivity index (χ3v) is 8.95. The molecule has 1 saturated carbocycles. The minimum absolute atomic E-state index is 0.151. The highest BCUT2D eigenvalue weighted by molar-refractivity contribution is 5.43. The molecule has 1 saturated heterocycles. The summed E-state index contributed by atoms with van der Waals surface area (Å²) in [5, 5.41) is 44.8. The molecule has 5 rings (SSSR count). The van der Waals surface area contributed by atoms with E-state index in [0.29, 0.717) is 24.8 Å². The van der Waals surface area contributed by atoms with Crippen molar-refractivity contribution in [2.24, 2.45) is 10.8 Å². The van der Waals surface area contributed by atoms with Crippen LogP contribution in [0.15, 0.2) is 52.8 Å². The van der Waals surface area contributed by atoms with Gasteiger partial charge in [-0.15, -0.1) is 0 Å². The van der Waals surface area contributed by atoms with Gasteiger partial charge in [-0.2, -0.15) is 0 Å². The number of hydrogen-bond acceptors (Lipinski definition) is 6. The molecule has 2 bridgehead atoms. The number of aliphatic hydroxyl groups is 4. The zero-order valence-electron chi connectivity index (χ0n) is 19.2. The van der Waals surface area contributed by atoms with Crippen LogP contribution in [0.3, 0.4) is 0 Å². The Labute approximate surface area is 189 Å². The third-order valence-electron chi connectivity index (χ3n) is 8.95. The van der Waals surface area contributed by atoms with E-state index in [1.165, 1.54) is 0 Å². The second-order valence-corrected chi connectivity index (χ2v) is 10.7. The SMILES string of the molecule is CC1=C2C[C@H](O)[C@@]3(C)C(=C(O)CC[C@@H]3O)[C@@H]3O[C@H](c4ccccc4)O[C@@]3(C[C@@H]1O)C2(C)C. The van der Waals surface area contributed by atoms with E-state index in [9.17, 15) is 20.4 Å². The molecule has 174 valence electrons. The van der Waals surface area contributed by atoms with Crippen LogP contribution in [-0.4, -0.2) is 50.4 Å². The maximum Gasteiger partial charge on any atom is 0.185 e. The van der Waals surface area contributed by atoms with Crippen molar-refractivity contribution < 1.29 is 29.9 Å². The average Bonchev–Trinajstić information content (AvgIpc) is 3.13. The quantitative estimate of drug-likeness (QED) is 0.495. The summed E-state index contributed by atoms with van der Waals surface area (Å²) in [5.41, 5.74) is 0.509. The first-order valence-electron chi connectivity index (χ1n) is 11.6. The van der Waals surface area contributed by atoms with Crippen LogP contribution in [0.25, 0.3) is 0 Å². The molecular weight excluding hydrogens is 408 g/mol. The molecule has 2 fully saturated rings. The predicted octanol–water partition coefficient (Wildman–Crippen LogP) is 3.68. The molecule has 1 aromatic rings. The Morgan fingerprint density at radius 2 is 1.69 bits per heavy atom. The van der Waals surface area contributed by atoms with Gasteiger partial charge in [0.05, 0.1) is 24.1 Å². The molecule has 4 N–H and O–H groups in total. The molecule has 3 aliphatic carbocycles. The van der Waals surface area contributed by atoms with Crippen LogP contribution in [0.4, 0.5) is 0 Å². The van der Waals surface area contributed by atoms with Crippen LogP contribution in [0.2, 0.25) is 0 Å². The number of ether oxygens (including phenoxy) is 2. The molecule has 4 aliphatic rings. The van der Waals surface area contributed by atoms with Crippen molar-refractivity contribution in [2.45, 2.75) is 89.7 Å². The normalized spacial score (nSPS) is 43.4. The lowest BCUT2D eigenvalue weighted by atomic mass is 9.51. The number of aliphatic hydroxyl groups excluding tert-OH is 4. The number of fused-ring (bicyclic) bond motifs is 3. The second-order valence-electron chi connectivity index (χ2n) is 10.7. The van der Waals surface area contributed by atoms with Crippen molar-refractivity contribution in [3.8, 4) is 0 Å². The van der Waals surface area contributed by atoms with Crippen LogP contribution < -0.4 is 0 Å². The molecule has 1 aliphatic heterocycles. The van der Waals surface area contributed by atoms with E-state index >= 15 is 0 Å². The molecule has 6 heteroatoms. The van der Waals surface area contributed by atoms with E-state index in [2.05, 4.69) is 13.8 Å². The van der Waals surface area contributed by atoms with Gasteiger partial charge in [0.1, 0.15) is 11.7 Å². The monoisotopic (exact) mass is 442 g/mol. The molecule has 0 radical (unpaired) electrons. The fourth-order valence-electron chi connectivity index (χ4n) is 6.70. The molecule has 7 atom stereocenters. The summed E-state index contributed by atoms with van der Waals surface area (Å²) in [6.07, 6.45) is -2.65. The standard InChI is InChI=1S/C26H34O6/c1-14-16-12-20(30)25(4)19(29)11-10-17(27)21(25)22-26(13-18(14)28,24(16,2)3)32-23(31-22)15-8-6-5-7-9-15/h5-9,18-20,22-23,27-30H,10-13H2,1-4H3/t18-,19-,20-,22-,23-,25-,26+/m0/s1. The van der Waals surface area contributed by atoms with Crippen molar-refractivity contribution in [1.29, 1.82) is 0 Å². The molecule has 0 unspecified atom stereocenters. The maximum absolute atomic E-state index is 11.5. The lowest BCUT2D eigenvalue weighted by molar-refractivity contribution is -0.152. The largest absolute Gasteiger partial charge is 0.512 e. The molecule has 0 aromatic heterocycles. The summed E-state index contributed by atoms with van der Waals surface area (Å²) in [6.45, 7) is 7.89. The molecular formula is C26H34O6. The predicted molar refractivity (Wildman–Crippen MR) is 119 cm³/mol. The van der Waals surface area contributed by atoms with Gasteiger partial charge in [-0.05, 0) is 25.3 Å². The summed E-state index contributed by atoms with van der Waals surface area (Å²) in [6, 6.07) is 9.65. The highest BCUT2D eigenvalue weighted by Gasteiger charge is 2.68. The lowest BCUT2D eigenvalue weighted by Gasteiger charge is -2.58. The maximum atomic E-state index is 11.5. The van der Waals surface area contributed by atoms with E-state index in [-0.39, 0.29) is 12.2 Å². The second kappa shape index (κ2) is 7.15. The van der Waals surface area contributed by atoms with Gasteiger partial charge in [0.15, 0.2) is 6.29 Å². The van der Waals surface area contributed by atoms with E-state index in [1.807, 2.05) is 44.2 Å². The van der Waals surface area contributed by atoms with Gasteiger partial charge in [-0.25, -0.2) is 0 Å². The van der Waals surface area contributed by atoms with Gasteiger partial charge < -0.3 is 29.9 Å². The zero-order chi connectivity index (χ0) is 23.1. The number of hydrogen-bond donors (Lipinski definition) is 4. The van der Waals surface area contributed by atoms with Crippen molar-refractivity contribution in [1.82, 2.24) is 0 Å². The summed E-state index contributed by atoms with van der Waals surface area (Å²) in [7, 11) is 0. The van der Waals surface area contributed by atoms with E-state index in [4.69, 9.17) is 9.47 Å². The number of allylic oxidation sites excluding steroid dienone is 1. The van der Waals surface area contributed by atoms with E-state index in [0.717, 1.165) is 16.7 Å². The molecule has 32 heavy (non-hydrogen) atoms. The summed E-state index contributed by atoms with van der Waals surface area (Å²) in [5.74, 6) is 0.151. The molecule has 1 heterocycles. The Bertz CT molecular complexity index is 981. The first-order valence-corrected chi connectivity index (χ1v) is 11.6. The summed E-state index contributed by atoms with van der Waals surface area (Å²) < 4.78 is 13.4. The van der Waals surface area contributed by atoms with Crippen molar-refractivity contribution in [3.05, 3.63) is 58.4 Å². The Hall–Kier alpha value is -1.70. The minimum Gasteiger partial charge on any atom is -0.512 e. The van der Waals surface area contributed by atoms with Gasteiger partial charge in [-0.3, -0.25) is 0 Å². The van der Waals surface area contributed by atoms with Gasteiger partial charge in [-0.1, -0.05) is 56.7 Å². The third kappa shape index (κ3) is 2.71. The first kappa shape index (κ1) is 22.1. The van der Waals surface area contributed by atoms with Crippen LogP contribution in [0.5, 0.6) is 0 Å². The van der Waals surface area contributed by atoms with Crippen LogP contribution in [-0.2, 0) is 9.47 Å². The smallest absolute Gasteiger partial charge is 0.185 e. The fraction of sp³-hybridized carbons (Fsp3) is 0.615. The van der Waals surface area contributed by atoms with Crippen molar-refractivity contribution in [2.75, 3.05) is 0 Å². The lowest BCUT2D eigenvalue weighted by Crippen LogP contribution is -2.64. The minimum atomic E-state index is -1.09. The Kier molecular flexibility index (Phi) is 4.94. The van der Waals surface area contributed by atoms with E-state index < -0.39 is 47.1 Å². The van der Waals surface area contributed by atoms with Gasteiger partial charge >= 0.3 is 0 Å². The molecule has 6 nitrogen and oxygen atoms in total. The molecule has 1 aromatic carbocycles. The van der Waals surface area contributed by atoms with Gasteiger partial charge in [0.25, 0.3) is 0 Å². The van der Waals surface area contributed by atoms with Crippen LogP contribution >= 0.6 is 0 Å².